The van der Waals surface area contributed by atoms with Crippen molar-refractivity contribution in [2.75, 3.05) is 18.4 Å². The third-order valence-corrected chi connectivity index (χ3v) is 4.85. The number of aromatic nitrogens is 4. The molecule has 1 saturated heterocycles. The molecule has 0 saturated carbocycles. The molecule has 8 nitrogen and oxygen atoms in total. The van der Waals surface area contributed by atoms with E-state index in [4.69, 9.17) is 0 Å². The first kappa shape index (κ1) is 19.0. The number of nitrogens with one attached hydrogen (secondary N) is 1. The molecule has 2 aromatic rings. The van der Waals surface area contributed by atoms with Gasteiger partial charge in [-0.1, -0.05) is 20.8 Å². The summed E-state index contributed by atoms with van der Waals surface area (Å²) < 4.78 is 1.59. The number of amides is 2. The summed E-state index contributed by atoms with van der Waals surface area (Å²) in [6, 6.07) is 5.64. The summed E-state index contributed by atoms with van der Waals surface area (Å²) in [4.78, 5) is 26.8. The number of benzene rings is 1. The maximum Gasteiger partial charge on any atom is 0.227 e. The minimum Gasteiger partial charge on any atom is -0.342 e. The summed E-state index contributed by atoms with van der Waals surface area (Å²) in [5.74, 6) is 0.0797. The van der Waals surface area contributed by atoms with Crippen molar-refractivity contribution in [3.8, 4) is 5.69 Å². The SMILES string of the molecule is Cc1cc(NC(=O)C2CCN(C(=O)C(C)(C)C)CC2)ccc1-n1cnnn1. The molecule has 1 aliphatic rings. The van der Waals surface area contributed by atoms with Gasteiger partial charge in [0.1, 0.15) is 6.33 Å². The number of hydrogen-bond acceptors (Lipinski definition) is 5. The van der Waals surface area contributed by atoms with Gasteiger partial charge in [-0.3, -0.25) is 9.59 Å². The van der Waals surface area contributed by atoms with Crippen molar-refractivity contribution in [1.29, 1.82) is 0 Å². The van der Waals surface area contributed by atoms with Gasteiger partial charge < -0.3 is 10.2 Å². The van der Waals surface area contributed by atoms with Gasteiger partial charge in [-0.25, -0.2) is 4.68 Å². The second-order valence-corrected chi connectivity index (χ2v) is 8.06. The molecular formula is C19H26N6O2. The average Bonchev–Trinajstić information content (AvgIpc) is 3.15. The molecule has 0 bridgehead atoms. The molecule has 0 radical (unpaired) electrons. The van der Waals surface area contributed by atoms with Gasteiger partial charge in [0.25, 0.3) is 0 Å². The fraction of sp³-hybridized carbons (Fsp3) is 0.526. The summed E-state index contributed by atoms with van der Waals surface area (Å²) in [5.41, 5.74) is 2.20. The molecule has 1 N–H and O–H groups in total. The first-order valence-corrected chi connectivity index (χ1v) is 9.20. The van der Waals surface area contributed by atoms with Crippen LogP contribution in [-0.4, -0.2) is 50.0 Å². The Morgan fingerprint density at radius 3 is 2.44 bits per heavy atom. The standard InChI is InChI=1S/C19H26N6O2/c1-13-11-15(5-6-16(13)25-12-20-22-23-25)21-17(26)14-7-9-24(10-8-14)18(27)19(2,3)4/h5-6,11-12,14H,7-10H2,1-4H3,(H,21,26). The van der Waals surface area contributed by atoms with E-state index < -0.39 is 0 Å². The maximum atomic E-state index is 12.6. The van der Waals surface area contributed by atoms with Crippen LogP contribution < -0.4 is 5.32 Å². The van der Waals surface area contributed by atoms with Gasteiger partial charge in [-0.05, 0) is 54.0 Å². The van der Waals surface area contributed by atoms with Crippen LogP contribution in [0.2, 0.25) is 0 Å². The zero-order chi connectivity index (χ0) is 19.6. The predicted octanol–water partition coefficient (Wildman–Crippen LogP) is 2.19. The van der Waals surface area contributed by atoms with Crippen molar-refractivity contribution >= 4 is 17.5 Å². The van der Waals surface area contributed by atoms with Crippen LogP contribution in [0.15, 0.2) is 24.5 Å². The quantitative estimate of drug-likeness (QED) is 0.894. The Morgan fingerprint density at radius 1 is 1.19 bits per heavy atom. The van der Waals surface area contributed by atoms with E-state index in [9.17, 15) is 9.59 Å². The van der Waals surface area contributed by atoms with Crippen molar-refractivity contribution in [3.05, 3.63) is 30.1 Å². The highest BCUT2D eigenvalue weighted by Gasteiger charge is 2.32. The van der Waals surface area contributed by atoms with Gasteiger partial charge in [0.2, 0.25) is 11.8 Å². The lowest BCUT2D eigenvalue weighted by Crippen LogP contribution is -2.45. The second-order valence-electron chi connectivity index (χ2n) is 8.06. The summed E-state index contributed by atoms with van der Waals surface area (Å²) in [6.45, 7) is 8.99. The molecule has 2 heterocycles. The van der Waals surface area contributed by atoms with E-state index in [0.717, 1.165) is 16.9 Å². The molecule has 3 rings (SSSR count). The Balaban J connectivity index is 1.59. The first-order valence-electron chi connectivity index (χ1n) is 9.20. The molecule has 8 heteroatoms. The van der Waals surface area contributed by atoms with Crippen LogP contribution in [0.3, 0.4) is 0 Å². The van der Waals surface area contributed by atoms with E-state index in [-0.39, 0.29) is 23.1 Å². The predicted molar refractivity (Wildman–Crippen MR) is 101 cm³/mol. The van der Waals surface area contributed by atoms with Gasteiger partial charge >= 0.3 is 0 Å². The molecule has 0 unspecified atom stereocenters. The Labute approximate surface area is 158 Å². The minimum absolute atomic E-state index is 0.00688. The van der Waals surface area contributed by atoms with Crippen LogP contribution in [0, 0.1) is 18.3 Å². The minimum atomic E-state index is -0.381. The lowest BCUT2D eigenvalue weighted by atomic mass is 9.90. The molecule has 1 aliphatic heterocycles. The highest BCUT2D eigenvalue weighted by atomic mass is 16.2. The van der Waals surface area contributed by atoms with E-state index in [1.165, 1.54) is 6.33 Å². The van der Waals surface area contributed by atoms with Crippen LogP contribution in [0.4, 0.5) is 5.69 Å². The normalized spacial score (nSPS) is 15.6. The first-order chi connectivity index (χ1) is 12.8. The second kappa shape index (κ2) is 7.46. The van der Waals surface area contributed by atoms with Gasteiger partial charge in [0, 0.05) is 30.1 Å². The van der Waals surface area contributed by atoms with E-state index >= 15 is 0 Å². The van der Waals surface area contributed by atoms with Gasteiger partial charge in [-0.15, -0.1) is 5.10 Å². The monoisotopic (exact) mass is 370 g/mol. The summed E-state index contributed by atoms with van der Waals surface area (Å²) in [6.07, 6.45) is 2.91. The summed E-state index contributed by atoms with van der Waals surface area (Å²) in [7, 11) is 0. The van der Waals surface area contributed by atoms with E-state index in [1.807, 2.05) is 50.8 Å². The van der Waals surface area contributed by atoms with Gasteiger partial charge in [0.15, 0.2) is 0 Å². The smallest absolute Gasteiger partial charge is 0.227 e. The molecular weight excluding hydrogens is 344 g/mol. The number of carbonyl (C=O) groups is 2. The Hall–Kier alpha value is -2.77. The number of carbonyl (C=O) groups excluding carboxylic acids is 2. The number of aryl methyl sites for hydroxylation is 1. The molecule has 0 spiro atoms. The van der Waals surface area contributed by atoms with Crippen LogP contribution in [0.1, 0.15) is 39.2 Å². The van der Waals surface area contributed by atoms with Crippen LogP contribution >= 0.6 is 0 Å². The average molecular weight is 370 g/mol. The lowest BCUT2D eigenvalue weighted by Gasteiger charge is -2.35. The third kappa shape index (κ3) is 4.32. The summed E-state index contributed by atoms with van der Waals surface area (Å²) >= 11 is 0. The molecule has 1 aromatic heterocycles. The number of tetrazole rings is 1. The van der Waals surface area contributed by atoms with Crippen molar-refractivity contribution in [3.63, 3.8) is 0 Å². The van der Waals surface area contributed by atoms with Crippen LogP contribution in [-0.2, 0) is 9.59 Å². The molecule has 0 aliphatic carbocycles. The number of piperidine rings is 1. The zero-order valence-corrected chi connectivity index (χ0v) is 16.3. The van der Waals surface area contributed by atoms with Crippen LogP contribution in [0.5, 0.6) is 0 Å². The third-order valence-electron chi connectivity index (χ3n) is 4.85. The number of likely N-dealkylation sites (tertiary alicyclic amines) is 1. The number of hydrogen-bond donors (Lipinski definition) is 1. The molecule has 27 heavy (non-hydrogen) atoms. The molecule has 0 atom stereocenters. The molecule has 1 fully saturated rings. The fourth-order valence-corrected chi connectivity index (χ4v) is 3.33. The van der Waals surface area contributed by atoms with Crippen molar-refractivity contribution in [2.45, 2.75) is 40.5 Å². The zero-order valence-electron chi connectivity index (χ0n) is 16.3. The van der Waals surface area contributed by atoms with Crippen LogP contribution in [0.25, 0.3) is 5.69 Å². The Morgan fingerprint density at radius 2 is 1.89 bits per heavy atom. The Bertz CT molecular complexity index is 817. The molecule has 2 amide bonds. The number of rotatable bonds is 3. The van der Waals surface area contributed by atoms with Gasteiger partial charge in [0.05, 0.1) is 5.69 Å². The fourth-order valence-electron chi connectivity index (χ4n) is 3.33. The Kier molecular flexibility index (Phi) is 5.25. The van der Waals surface area contributed by atoms with E-state index in [0.29, 0.717) is 25.9 Å². The van der Waals surface area contributed by atoms with Crippen molar-refractivity contribution < 1.29 is 9.59 Å². The lowest BCUT2D eigenvalue weighted by molar-refractivity contribution is -0.142. The largest absolute Gasteiger partial charge is 0.342 e. The highest BCUT2D eigenvalue weighted by molar-refractivity contribution is 5.93. The molecule has 1 aromatic carbocycles. The number of anilines is 1. The summed E-state index contributed by atoms with van der Waals surface area (Å²) in [5, 5.41) is 14.2. The molecule has 144 valence electrons. The van der Waals surface area contributed by atoms with Crippen molar-refractivity contribution in [2.24, 2.45) is 11.3 Å². The maximum absolute atomic E-state index is 12.6. The highest BCUT2D eigenvalue weighted by Crippen LogP contribution is 2.25. The topological polar surface area (TPSA) is 93.0 Å². The number of nitrogens with zero attached hydrogens (tertiary/aromatic N) is 5. The van der Waals surface area contributed by atoms with Gasteiger partial charge in [-0.2, -0.15) is 0 Å². The van der Waals surface area contributed by atoms with Crippen molar-refractivity contribution in [1.82, 2.24) is 25.1 Å². The van der Waals surface area contributed by atoms with E-state index in [1.54, 1.807) is 4.68 Å². The van der Waals surface area contributed by atoms with E-state index in [2.05, 4.69) is 20.8 Å².